The SMILES string of the molecule is CC1(C)O[C@H]2O[C@@](COCc3ccccc3)(C(O[Si](C)(C)C)C(F)(F)F)[C@@H](OCc3ccccc3)[C@H]2O1. The molecule has 37 heavy (non-hydrogen) atoms. The second kappa shape index (κ2) is 10.8. The summed E-state index contributed by atoms with van der Waals surface area (Å²) in [6.07, 6.45) is -10.2. The largest absolute Gasteiger partial charge is 0.416 e. The van der Waals surface area contributed by atoms with Gasteiger partial charge in [0.2, 0.25) is 0 Å². The number of rotatable bonds is 10. The normalized spacial score (nSPS) is 28.3. The van der Waals surface area contributed by atoms with Crippen LogP contribution in [0.25, 0.3) is 0 Å². The average Bonchev–Trinajstić information content (AvgIpc) is 3.25. The van der Waals surface area contributed by atoms with Crippen molar-refractivity contribution in [2.24, 2.45) is 0 Å². The Labute approximate surface area is 217 Å². The molecule has 0 spiro atoms. The minimum absolute atomic E-state index is 0.0554. The van der Waals surface area contributed by atoms with Crippen molar-refractivity contribution in [1.29, 1.82) is 0 Å². The smallest absolute Gasteiger partial charge is 0.404 e. The standard InChI is InChI=1S/C27H35F3O6Si/c1-25(2)33-21-22(32-17-20-14-10-7-11-15-20)26(35-23(21)34-25,18-31-16-19-12-8-6-9-13-19)24(27(28,29)30)36-37(3,4)5/h6-15,21-24H,16-18H2,1-5H3/t21-,22+,23+,24?,26-/m1/s1. The minimum Gasteiger partial charge on any atom is -0.404 e. The maximum atomic E-state index is 14.8. The van der Waals surface area contributed by atoms with E-state index in [-0.39, 0.29) is 13.2 Å². The molecule has 1 unspecified atom stereocenters. The number of halogens is 3. The van der Waals surface area contributed by atoms with Gasteiger partial charge < -0.3 is 28.1 Å². The van der Waals surface area contributed by atoms with Crippen molar-refractivity contribution in [3.63, 3.8) is 0 Å². The Morgan fingerprint density at radius 3 is 1.97 bits per heavy atom. The van der Waals surface area contributed by atoms with Gasteiger partial charge in [-0.15, -0.1) is 0 Å². The van der Waals surface area contributed by atoms with Crippen LogP contribution in [0.2, 0.25) is 19.6 Å². The molecule has 4 rings (SSSR count). The van der Waals surface area contributed by atoms with Gasteiger partial charge in [0.05, 0.1) is 19.8 Å². The zero-order valence-corrected chi connectivity index (χ0v) is 22.8. The summed E-state index contributed by atoms with van der Waals surface area (Å²) in [4.78, 5) is 0. The van der Waals surface area contributed by atoms with E-state index in [0.717, 1.165) is 11.1 Å². The fraction of sp³-hybridized carbons (Fsp3) is 0.556. The molecule has 2 aromatic carbocycles. The van der Waals surface area contributed by atoms with Gasteiger partial charge in [-0.1, -0.05) is 60.7 Å². The van der Waals surface area contributed by atoms with Crippen molar-refractivity contribution in [3.8, 4) is 0 Å². The first-order valence-electron chi connectivity index (χ1n) is 12.3. The number of hydrogen-bond donors (Lipinski definition) is 0. The Morgan fingerprint density at radius 2 is 1.43 bits per heavy atom. The van der Waals surface area contributed by atoms with E-state index in [1.54, 1.807) is 33.5 Å². The molecule has 2 fully saturated rings. The van der Waals surface area contributed by atoms with Crippen molar-refractivity contribution >= 4 is 8.32 Å². The molecule has 0 aliphatic carbocycles. The summed E-state index contributed by atoms with van der Waals surface area (Å²) in [5.41, 5.74) is -0.438. The van der Waals surface area contributed by atoms with Crippen LogP contribution < -0.4 is 0 Å². The van der Waals surface area contributed by atoms with Gasteiger partial charge in [-0.3, -0.25) is 0 Å². The van der Waals surface area contributed by atoms with Crippen LogP contribution in [0, 0.1) is 0 Å². The van der Waals surface area contributed by atoms with Gasteiger partial charge in [0.25, 0.3) is 0 Å². The van der Waals surface area contributed by atoms with E-state index in [0.29, 0.717) is 0 Å². The molecule has 0 aromatic heterocycles. The summed E-state index contributed by atoms with van der Waals surface area (Å²) in [6.45, 7) is 8.21. The van der Waals surface area contributed by atoms with Crippen LogP contribution in [0.15, 0.2) is 60.7 Å². The Hall–Kier alpha value is -1.79. The minimum atomic E-state index is -4.76. The van der Waals surface area contributed by atoms with Gasteiger partial charge in [0, 0.05) is 0 Å². The van der Waals surface area contributed by atoms with Crippen LogP contribution in [-0.4, -0.2) is 57.1 Å². The van der Waals surface area contributed by atoms with Crippen LogP contribution in [0.1, 0.15) is 25.0 Å². The predicted octanol–water partition coefficient (Wildman–Crippen LogP) is 5.82. The number of hydrogen-bond acceptors (Lipinski definition) is 6. The highest BCUT2D eigenvalue weighted by atomic mass is 28.4. The highest BCUT2D eigenvalue weighted by molar-refractivity contribution is 6.69. The van der Waals surface area contributed by atoms with Gasteiger partial charge in [-0.2, -0.15) is 13.2 Å². The lowest BCUT2D eigenvalue weighted by molar-refractivity contribution is -0.316. The van der Waals surface area contributed by atoms with E-state index in [1.165, 1.54) is 0 Å². The van der Waals surface area contributed by atoms with Crippen molar-refractivity contribution in [3.05, 3.63) is 71.8 Å². The molecule has 0 saturated carbocycles. The highest BCUT2D eigenvalue weighted by Gasteiger charge is 2.71. The summed E-state index contributed by atoms with van der Waals surface area (Å²) < 4.78 is 80.4. The molecular weight excluding hydrogens is 505 g/mol. The summed E-state index contributed by atoms with van der Waals surface area (Å²) in [5.74, 6) is -1.05. The molecule has 2 aliphatic rings. The van der Waals surface area contributed by atoms with E-state index in [4.69, 9.17) is 28.1 Å². The molecule has 2 heterocycles. The van der Waals surface area contributed by atoms with Crippen molar-refractivity contribution in [2.45, 2.75) is 88.9 Å². The number of alkyl halides is 3. The number of benzene rings is 2. The molecule has 6 nitrogen and oxygen atoms in total. The van der Waals surface area contributed by atoms with Gasteiger partial charge >= 0.3 is 6.18 Å². The summed E-state index contributed by atoms with van der Waals surface area (Å²) in [7, 11) is -2.72. The Bertz CT molecular complexity index is 1010. The topological polar surface area (TPSA) is 55.4 Å². The predicted molar refractivity (Wildman–Crippen MR) is 133 cm³/mol. The lowest BCUT2D eigenvalue weighted by atomic mass is 9.89. The maximum Gasteiger partial charge on any atom is 0.416 e. The Morgan fingerprint density at radius 1 is 0.865 bits per heavy atom. The zero-order chi connectivity index (χ0) is 26.9. The van der Waals surface area contributed by atoms with Crippen LogP contribution in [-0.2, 0) is 41.3 Å². The molecule has 5 atom stereocenters. The van der Waals surface area contributed by atoms with E-state index in [2.05, 4.69) is 0 Å². The van der Waals surface area contributed by atoms with Crippen LogP contribution in [0.3, 0.4) is 0 Å². The van der Waals surface area contributed by atoms with E-state index in [9.17, 15) is 13.2 Å². The average molecular weight is 541 g/mol. The van der Waals surface area contributed by atoms with Gasteiger partial charge in [-0.05, 0) is 44.6 Å². The van der Waals surface area contributed by atoms with Gasteiger partial charge in [0.1, 0.15) is 12.2 Å². The Kier molecular flexibility index (Phi) is 8.21. The first kappa shape index (κ1) is 28.2. The van der Waals surface area contributed by atoms with Gasteiger partial charge in [-0.25, -0.2) is 0 Å². The van der Waals surface area contributed by atoms with Crippen molar-refractivity contribution in [1.82, 2.24) is 0 Å². The second-order valence-electron chi connectivity index (χ2n) is 10.9. The van der Waals surface area contributed by atoms with E-state index < -0.39 is 57.1 Å². The number of fused-ring (bicyclic) bond motifs is 1. The molecule has 0 bridgehead atoms. The van der Waals surface area contributed by atoms with Gasteiger partial charge in [0.15, 0.2) is 32.1 Å². The molecule has 0 N–H and O–H groups in total. The first-order valence-corrected chi connectivity index (χ1v) is 15.8. The summed E-state index contributed by atoms with van der Waals surface area (Å²) in [5, 5.41) is 0. The van der Waals surface area contributed by atoms with Crippen molar-refractivity contribution in [2.75, 3.05) is 6.61 Å². The highest BCUT2D eigenvalue weighted by Crippen LogP contribution is 2.50. The monoisotopic (exact) mass is 540 g/mol. The summed E-state index contributed by atoms with van der Waals surface area (Å²) in [6, 6.07) is 18.5. The quantitative estimate of drug-likeness (QED) is 0.354. The second-order valence-corrected chi connectivity index (χ2v) is 15.3. The van der Waals surface area contributed by atoms with Crippen LogP contribution in [0.4, 0.5) is 13.2 Å². The third-order valence-electron chi connectivity index (χ3n) is 6.13. The first-order chi connectivity index (χ1) is 17.3. The molecule has 204 valence electrons. The lowest BCUT2D eigenvalue weighted by Crippen LogP contribution is -2.64. The maximum absolute atomic E-state index is 14.8. The molecule has 10 heteroatoms. The van der Waals surface area contributed by atoms with Crippen LogP contribution in [0.5, 0.6) is 0 Å². The molecule has 2 aliphatic heterocycles. The zero-order valence-electron chi connectivity index (χ0n) is 21.8. The van der Waals surface area contributed by atoms with E-state index >= 15 is 0 Å². The molecule has 0 radical (unpaired) electrons. The fourth-order valence-electron chi connectivity index (χ4n) is 4.71. The molecule has 0 amide bonds. The fourth-order valence-corrected chi connectivity index (χ4v) is 5.75. The Balaban J connectivity index is 1.71. The molecular formula is C27H35F3O6Si. The van der Waals surface area contributed by atoms with Crippen LogP contribution >= 0.6 is 0 Å². The third kappa shape index (κ3) is 6.81. The lowest BCUT2D eigenvalue weighted by Gasteiger charge is -2.44. The third-order valence-corrected chi connectivity index (χ3v) is 7.07. The van der Waals surface area contributed by atoms with Crippen molar-refractivity contribution < 1.29 is 41.3 Å². The molecule has 2 aromatic rings. The van der Waals surface area contributed by atoms with E-state index in [1.807, 2.05) is 60.7 Å². The number of ether oxygens (including phenoxy) is 5. The molecule has 2 saturated heterocycles. The summed E-state index contributed by atoms with van der Waals surface area (Å²) >= 11 is 0.